The maximum atomic E-state index is 14.1. The van der Waals surface area contributed by atoms with Crippen molar-refractivity contribution in [3.05, 3.63) is 59.2 Å². The molecule has 0 aromatic heterocycles. The Morgan fingerprint density at radius 3 is 2.34 bits per heavy atom. The van der Waals surface area contributed by atoms with Crippen LogP contribution in [0, 0.1) is 11.6 Å². The number of benzene rings is 2. The van der Waals surface area contributed by atoms with Crippen LogP contribution in [-0.4, -0.2) is 63.4 Å². The number of halogens is 2. The first-order valence-corrected chi connectivity index (χ1v) is 12.9. The fourth-order valence-corrected chi connectivity index (χ4v) is 5.44. The molecule has 192 valence electrons. The van der Waals surface area contributed by atoms with E-state index in [-0.39, 0.29) is 11.3 Å². The van der Waals surface area contributed by atoms with Gasteiger partial charge in [0.2, 0.25) is 15.9 Å². The highest BCUT2D eigenvalue weighted by molar-refractivity contribution is 7.89. The van der Waals surface area contributed by atoms with Crippen LogP contribution in [0.4, 0.5) is 8.78 Å². The van der Waals surface area contributed by atoms with Crippen molar-refractivity contribution < 1.29 is 26.7 Å². The maximum Gasteiger partial charge on any atom is 0.242 e. The minimum absolute atomic E-state index is 0.0423. The zero-order valence-electron chi connectivity index (χ0n) is 20.8. The highest BCUT2D eigenvalue weighted by atomic mass is 32.2. The second kappa shape index (κ2) is 10.6. The van der Waals surface area contributed by atoms with Crippen LogP contribution < -0.4 is 10.1 Å². The molecule has 2 aromatic carbocycles. The standard InChI is InChI=1S/C25H33F2N3O4S/c1-25(2,30-12-6-7-13-30)24(17-8-10-20(26)21(27)15-17)28-23(31)16-18-14-19(9-11-22(18)34-5)35(32,33)29(3)4/h8-11,14-15,24H,6-7,12-13,16H2,1-5H3,(H,28,31). The number of hydrogen-bond acceptors (Lipinski definition) is 5. The number of hydrogen-bond donors (Lipinski definition) is 1. The Morgan fingerprint density at radius 2 is 1.77 bits per heavy atom. The van der Waals surface area contributed by atoms with Crippen LogP contribution >= 0.6 is 0 Å². The number of rotatable bonds is 9. The third kappa shape index (κ3) is 5.82. The molecule has 0 radical (unpaired) electrons. The van der Waals surface area contributed by atoms with Gasteiger partial charge in [-0.25, -0.2) is 21.5 Å². The summed E-state index contributed by atoms with van der Waals surface area (Å²) in [6, 6.07) is 7.38. The number of amides is 1. The van der Waals surface area contributed by atoms with E-state index in [0.29, 0.717) is 16.9 Å². The number of carbonyl (C=O) groups excluding carboxylic acids is 1. The Labute approximate surface area is 206 Å². The van der Waals surface area contributed by atoms with Crippen molar-refractivity contribution in [2.24, 2.45) is 0 Å². The molecule has 35 heavy (non-hydrogen) atoms. The van der Waals surface area contributed by atoms with Crippen molar-refractivity contribution in [3.8, 4) is 5.75 Å². The van der Waals surface area contributed by atoms with E-state index in [2.05, 4.69) is 10.2 Å². The van der Waals surface area contributed by atoms with Gasteiger partial charge in [0, 0.05) is 25.2 Å². The van der Waals surface area contributed by atoms with Gasteiger partial charge in [-0.15, -0.1) is 0 Å². The first-order valence-electron chi connectivity index (χ1n) is 11.5. The predicted octanol–water partition coefficient (Wildman–Crippen LogP) is 3.50. The second-order valence-corrected chi connectivity index (χ2v) is 11.6. The third-order valence-corrected chi connectivity index (χ3v) is 8.40. The van der Waals surface area contributed by atoms with Crippen molar-refractivity contribution in [2.75, 3.05) is 34.3 Å². The Balaban J connectivity index is 1.94. The van der Waals surface area contributed by atoms with Gasteiger partial charge < -0.3 is 10.1 Å². The molecular weight excluding hydrogens is 476 g/mol. The minimum atomic E-state index is -3.71. The van der Waals surface area contributed by atoms with E-state index < -0.39 is 39.1 Å². The molecule has 7 nitrogen and oxygen atoms in total. The second-order valence-electron chi connectivity index (χ2n) is 9.46. The van der Waals surface area contributed by atoms with E-state index >= 15 is 0 Å². The van der Waals surface area contributed by atoms with Gasteiger partial charge in [0.15, 0.2) is 11.6 Å². The number of methoxy groups -OCH3 is 1. The van der Waals surface area contributed by atoms with Crippen molar-refractivity contribution in [3.63, 3.8) is 0 Å². The molecule has 0 aliphatic carbocycles. The molecule has 2 aromatic rings. The van der Waals surface area contributed by atoms with Gasteiger partial charge in [0.05, 0.1) is 24.5 Å². The summed E-state index contributed by atoms with van der Waals surface area (Å²) in [6.45, 7) is 5.60. The van der Waals surface area contributed by atoms with Crippen molar-refractivity contribution in [1.29, 1.82) is 0 Å². The number of carbonyl (C=O) groups is 1. The minimum Gasteiger partial charge on any atom is -0.496 e. The Hall–Kier alpha value is -2.56. The molecule has 1 unspecified atom stereocenters. The van der Waals surface area contributed by atoms with Gasteiger partial charge in [-0.3, -0.25) is 9.69 Å². The van der Waals surface area contributed by atoms with Gasteiger partial charge in [-0.2, -0.15) is 0 Å². The number of sulfonamides is 1. The Kier molecular flexibility index (Phi) is 8.18. The lowest BCUT2D eigenvalue weighted by Gasteiger charge is -2.42. The molecule has 3 rings (SSSR count). The molecule has 10 heteroatoms. The quantitative estimate of drug-likeness (QED) is 0.560. The first-order chi connectivity index (χ1) is 16.4. The topological polar surface area (TPSA) is 79.0 Å². The molecule has 1 fully saturated rings. The van der Waals surface area contributed by atoms with Crippen molar-refractivity contribution in [2.45, 2.75) is 49.6 Å². The van der Waals surface area contributed by atoms with Crippen LogP contribution in [0.15, 0.2) is 41.3 Å². The monoisotopic (exact) mass is 509 g/mol. The number of ether oxygens (including phenoxy) is 1. The average molecular weight is 510 g/mol. The molecule has 1 aliphatic rings. The van der Waals surface area contributed by atoms with Crippen LogP contribution in [0.5, 0.6) is 5.75 Å². The zero-order valence-corrected chi connectivity index (χ0v) is 21.6. The van der Waals surface area contributed by atoms with Gasteiger partial charge in [0.25, 0.3) is 0 Å². The third-order valence-electron chi connectivity index (χ3n) is 6.59. The highest BCUT2D eigenvalue weighted by Crippen LogP contribution is 2.34. The normalized spacial score (nSPS) is 15.9. The van der Waals surface area contributed by atoms with Crippen LogP contribution in [-0.2, 0) is 21.2 Å². The van der Waals surface area contributed by atoms with Gasteiger partial charge in [0.1, 0.15) is 5.75 Å². The van der Waals surface area contributed by atoms with Gasteiger partial charge >= 0.3 is 0 Å². The summed E-state index contributed by atoms with van der Waals surface area (Å²) in [6.07, 6.45) is 1.88. The van der Waals surface area contributed by atoms with E-state index in [0.717, 1.165) is 42.4 Å². The predicted molar refractivity (Wildman–Crippen MR) is 130 cm³/mol. The zero-order chi connectivity index (χ0) is 26.0. The molecule has 0 spiro atoms. The SMILES string of the molecule is COc1ccc(S(=O)(=O)N(C)C)cc1CC(=O)NC(c1ccc(F)c(F)c1)C(C)(C)N1CCCC1. The van der Waals surface area contributed by atoms with Crippen LogP contribution in [0.1, 0.15) is 43.9 Å². The lowest BCUT2D eigenvalue weighted by molar-refractivity contribution is -0.122. The summed E-state index contributed by atoms with van der Waals surface area (Å²) in [7, 11) is 0.593. The van der Waals surface area contributed by atoms with E-state index in [1.54, 1.807) is 0 Å². The summed E-state index contributed by atoms with van der Waals surface area (Å²) in [5.41, 5.74) is 0.261. The largest absolute Gasteiger partial charge is 0.496 e. The van der Waals surface area contributed by atoms with E-state index in [1.165, 1.54) is 45.5 Å². The molecule has 1 atom stereocenters. The lowest BCUT2D eigenvalue weighted by Crippen LogP contribution is -2.53. The summed E-state index contributed by atoms with van der Waals surface area (Å²) >= 11 is 0. The molecule has 1 saturated heterocycles. The number of likely N-dealkylation sites (tertiary alicyclic amines) is 1. The molecule has 1 amide bonds. The molecular formula is C25H33F2N3O4S. The van der Waals surface area contributed by atoms with Crippen molar-refractivity contribution >= 4 is 15.9 Å². The number of nitrogens with one attached hydrogen (secondary N) is 1. The van der Waals surface area contributed by atoms with E-state index in [9.17, 15) is 22.0 Å². The van der Waals surface area contributed by atoms with E-state index in [1.807, 2.05) is 13.8 Å². The maximum absolute atomic E-state index is 14.1. The summed E-state index contributed by atoms with van der Waals surface area (Å²) < 4.78 is 59.4. The van der Waals surface area contributed by atoms with E-state index in [4.69, 9.17) is 4.74 Å². The summed E-state index contributed by atoms with van der Waals surface area (Å²) in [5, 5.41) is 2.99. The Morgan fingerprint density at radius 1 is 1.11 bits per heavy atom. The first kappa shape index (κ1) is 27.0. The molecule has 1 aliphatic heterocycles. The fraction of sp³-hybridized carbons (Fsp3) is 0.480. The lowest BCUT2D eigenvalue weighted by atomic mass is 9.86. The molecule has 0 bridgehead atoms. The van der Waals surface area contributed by atoms with Crippen LogP contribution in [0.25, 0.3) is 0 Å². The number of nitrogens with zero attached hydrogens (tertiary/aromatic N) is 2. The molecule has 1 N–H and O–H groups in total. The van der Waals surface area contributed by atoms with Crippen LogP contribution in [0.3, 0.4) is 0 Å². The van der Waals surface area contributed by atoms with Crippen LogP contribution in [0.2, 0.25) is 0 Å². The average Bonchev–Trinajstić information content (AvgIpc) is 3.35. The summed E-state index contributed by atoms with van der Waals surface area (Å²) in [4.78, 5) is 15.5. The molecule has 1 heterocycles. The van der Waals surface area contributed by atoms with Gasteiger partial charge in [-0.1, -0.05) is 6.07 Å². The molecule has 0 saturated carbocycles. The van der Waals surface area contributed by atoms with Gasteiger partial charge in [-0.05, 0) is 75.7 Å². The highest BCUT2D eigenvalue weighted by Gasteiger charge is 2.39. The Bertz CT molecular complexity index is 1180. The van der Waals surface area contributed by atoms with Crippen molar-refractivity contribution in [1.82, 2.24) is 14.5 Å². The smallest absolute Gasteiger partial charge is 0.242 e. The summed E-state index contributed by atoms with van der Waals surface area (Å²) in [5.74, 6) is -1.96. The fourth-order valence-electron chi connectivity index (χ4n) is 4.49.